The molecule has 1 aliphatic heterocycles. The quantitative estimate of drug-likeness (QED) is 0.479. The third kappa shape index (κ3) is 4.33. The van der Waals surface area contributed by atoms with Gasteiger partial charge in [0.2, 0.25) is 5.91 Å². The maximum Gasteiger partial charge on any atom is 0.228 e. The highest BCUT2D eigenvalue weighted by molar-refractivity contribution is 6.08. The second kappa shape index (κ2) is 7.77. The Morgan fingerprint density at radius 1 is 1.16 bits per heavy atom. The summed E-state index contributed by atoms with van der Waals surface area (Å²) in [6.07, 6.45) is 3.62. The van der Waals surface area contributed by atoms with Crippen molar-refractivity contribution in [3.05, 3.63) is 65.2 Å². The van der Waals surface area contributed by atoms with Crippen molar-refractivity contribution in [3.8, 4) is 5.75 Å². The van der Waals surface area contributed by atoms with E-state index in [0.717, 1.165) is 22.6 Å². The number of carbonyl (C=O) groups excluding carboxylic acids is 2. The summed E-state index contributed by atoms with van der Waals surface area (Å²) in [6.45, 7) is 1.04. The standard InChI is InChI=1S/C20H19NO4/c1-24-10-11-25-17-6-2-14(3-7-17)4-9-19(22)15-5-8-18-16(12-15)13-20(23)21-18/h2-9,12H,10-11,13H2,1H3,(H,21,23)/b9-4+. The molecule has 5 nitrogen and oxygen atoms in total. The van der Waals surface area contributed by atoms with Gasteiger partial charge in [0.15, 0.2) is 5.78 Å². The topological polar surface area (TPSA) is 64.6 Å². The van der Waals surface area contributed by atoms with Crippen LogP contribution in [0.25, 0.3) is 6.08 Å². The Labute approximate surface area is 146 Å². The number of nitrogens with one attached hydrogen (secondary N) is 1. The van der Waals surface area contributed by atoms with Gasteiger partial charge in [-0.3, -0.25) is 9.59 Å². The molecule has 2 aromatic carbocycles. The lowest BCUT2D eigenvalue weighted by atomic mass is 10.0. The zero-order chi connectivity index (χ0) is 17.6. The molecule has 0 aromatic heterocycles. The van der Waals surface area contributed by atoms with Gasteiger partial charge in [-0.25, -0.2) is 0 Å². The Balaban J connectivity index is 1.63. The number of ether oxygens (including phenoxy) is 2. The number of anilines is 1. The molecule has 0 aliphatic carbocycles. The highest BCUT2D eigenvalue weighted by Gasteiger charge is 2.18. The number of carbonyl (C=O) groups is 2. The second-order valence-electron chi connectivity index (χ2n) is 5.70. The van der Waals surface area contributed by atoms with Gasteiger partial charge < -0.3 is 14.8 Å². The third-order valence-corrected chi connectivity index (χ3v) is 3.88. The highest BCUT2D eigenvalue weighted by Crippen LogP contribution is 2.24. The minimum atomic E-state index is -0.0948. The van der Waals surface area contributed by atoms with Crippen molar-refractivity contribution < 1.29 is 19.1 Å². The number of amides is 1. The van der Waals surface area contributed by atoms with E-state index in [4.69, 9.17) is 9.47 Å². The number of ketones is 1. The van der Waals surface area contributed by atoms with Crippen molar-refractivity contribution in [2.45, 2.75) is 6.42 Å². The van der Waals surface area contributed by atoms with Crippen molar-refractivity contribution in [2.24, 2.45) is 0 Å². The van der Waals surface area contributed by atoms with Crippen LogP contribution in [0.4, 0.5) is 5.69 Å². The molecule has 1 N–H and O–H groups in total. The van der Waals surface area contributed by atoms with Gasteiger partial charge in [0.05, 0.1) is 13.0 Å². The Morgan fingerprint density at radius 2 is 1.96 bits per heavy atom. The molecule has 2 aromatic rings. The molecular weight excluding hydrogens is 318 g/mol. The zero-order valence-corrected chi connectivity index (χ0v) is 14.0. The molecule has 0 saturated heterocycles. The lowest BCUT2D eigenvalue weighted by Crippen LogP contribution is -2.03. The van der Waals surface area contributed by atoms with E-state index in [0.29, 0.717) is 25.2 Å². The summed E-state index contributed by atoms with van der Waals surface area (Å²) >= 11 is 0. The molecule has 1 amide bonds. The van der Waals surface area contributed by atoms with Crippen LogP contribution in [0.3, 0.4) is 0 Å². The summed E-state index contributed by atoms with van der Waals surface area (Å²) in [7, 11) is 1.63. The van der Waals surface area contributed by atoms with Gasteiger partial charge in [0.1, 0.15) is 12.4 Å². The molecule has 25 heavy (non-hydrogen) atoms. The van der Waals surface area contributed by atoms with Gasteiger partial charge >= 0.3 is 0 Å². The van der Waals surface area contributed by atoms with Gasteiger partial charge in [0, 0.05) is 18.4 Å². The van der Waals surface area contributed by atoms with E-state index in [-0.39, 0.29) is 11.7 Å². The first-order chi connectivity index (χ1) is 12.2. The summed E-state index contributed by atoms with van der Waals surface area (Å²) in [5.74, 6) is 0.627. The molecule has 1 aliphatic rings. The normalized spacial score (nSPS) is 12.9. The smallest absolute Gasteiger partial charge is 0.228 e. The average molecular weight is 337 g/mol. The van der Waals surface area contributed by atoms with Crippen LogP contribution in [0.2, 0.25) is 0 Å². The fourth-order valence-electron chi connectivity index (χ4n) is 2.57. The summed E-state index contributed by atoms with van der Waals surface area (Å²) < 4.78 is 10.4. The predicted molar refractivity (Wildman–Crippen MR) is 96.0 cm³/mol. The fourth-order valence-corrected chi connectivity index (χ4v) is 2.57. The Bertz CT molecular complexity index is 809. The molecule has 0 spiro atoms. The predicted octanol–water partition coefficient (Wildman–Crippen LogP) is 3.10. The van der Waals surface area contributed by atoms with Crippen molar-refractivity contribution in [2.75, 3.05) is 25.6 Å². The molecule has 0 bridgehead atoms. The fraction of sp³-hybridized carbons (Fsp3) is 0.200. The van der Waals surface area contributed by atoms with Crippen LogP contribution in [0, 0.1) is 0 Å². The Kier molecular flexibility index (Phi) is 5.26. The largest absolute Gasteiger partial charge is 0.491 e. The van der Waals surface area contributed by atoms with Crippen LogP contribution in [0.5, 0.6) is 5.75 Å². The lowest BCUT2D eigenvalue weighted by molar-refractivity contribution is -0.115. The van der Waals surface area contributed by atoms with Crippen molar-refractivity contribution in [1.82, 2.24) is 0 Å². The maximum atomic E-state index is 12.3. The van der Waals surface area contributed by atoms with Gasteiger partial charge in [-0.05, 0) is 47.5 Å². The molecular formula is C20H19NO4. The van der Waals surface area contributed by atoms with Gasteiger partial charge in [-0.2, -0.15) is 0 Å². The third-order valence-electron chi connectivity index (χ3n) is 3.88. The van der Waals surface area contributed by atoms with Crippen LogP contribution >= 0.6 is 0 Å². The highest BCUT2D eigenvalue weighted by atomic mass is 16.5. The molecule has 0 atom stereocenters. The summed E-state index contributed by atoms with van der Waals surface area (Å²) in [4.78, 5) is 23.7. The molecule has 5 heteroatoms. The molecule has 0 saturated carbocycles. The summed E-state index contributed by atoms with van der Waals surface area (Å²) in [5.41, 5.74) is 3.13. The first kappa shape index (κ1) is 16.9. The Morgan fingerprint density at radius 3 is 2.72 bits per heavy atom. The van der Waals surface area contributed by atoms with E-state index >= 15 is 0 Å². The van der Waals surface area contributed by atoms with E-state index in [2.05, 4.69) is 5.32 Å². The van der Waals surface area contributed by atoms with Crippen LogP contribution in [0.1, 0.15) is 21.5 Å². The van der Waals surface area contributed by atoms with E-state index in [9.17, 15) is 9.59 Å². The minimum absolute atomic E-state index is 0.0389. The molecule has 0 radical (unpaired) electrons. The molecule has 128 valence electrons. The van der Waals surface area contributed by atoms with E-state index < -0.39 is 0 Å². The first-order valence-corrected chi connectivity index (χ1v) is 8.03. The monoisotopic (exact) mass is 337 g/mol. The van der Waals surface area contributed by atoms with Crippen molar-refractivity contribution in [3.63, 3.8) is 0 Å². The molecule has 0 fully saturated rings. The Hall–Kier alpha value is -2.92. The number of benzene rings is 2. The molecule has 0 unspecified atom stereocenters. The SMILES string of the molecule is COCCOc1ccc(/C=C/C(=O)c2ccc3c(c2)CC(=O)N3)cc1. The van der Waals surface area contributed by atoms with Crippen molar-refractivity contribution >= 4 is 23.5 Å². The molecule has 3 rings (SSSR count). The number of hydrogen-bond donors (Lipinski definition) is 1. The summed E-state index contributed by atoms with van der Waals surface area (Å²) in [6, 6.07) is 12.7. The van der Waals surface area contributed by atoms with Gasteiger partial charge in [0.25, 0.3) is 0 Å². The minimum Gasteiger partial charge on any atom is -0.491 e. The summed E-state index contributed by atoms with van der Waals surface area (Å²) in [5, 5.41) is 2.76. The van der Waals surface area contributed by atoms with Crippen LogP contribution in [0.15, 0.2) is 48.5 Å². The van der Waals surface area contributed by atoms with E-state index in [1.54, 1.807) is 31.4 Å². The number of hydrogen-bond acceptors (Lipinski definition) is 4. The van der Waals surface area contributed by atoms with E-state index in [1.807, 2.05) is 24.3 Å². The lowest BCUT2D eigenvalue weighted by Gasteiger charge is -2.05. The first-order valence-electron chi connectivity index (χ1n) is 8.03. The number of methoxy groups -OCH3 is 1. The maximum absolute atomic E-state index is 12.3. The zero-order valence-electron chi connectivity index (χ0n) is 14.0. The number of rotatable bonds is 7. The van der Waals surface area contributed by atoms with Crippen molar-refractivity contribution in [1.29, 1.82) is 0 Å². The van der Waals surface area contributed by atoms with Crippen LogP contribution in [-0.2, 0) is 16.0 Å². The second-order valence-corrected chi connectivity index (χ2v) is 5.70. The van der Waals surface area contributed by atoms with Gasteiger partial charge in [-0.15, -0.1) is 0 Å². The number of allylic oxidation sites excluding steroid dienone is 1. The van der Waals surface area contributed by atoms with Crippen LogP contribution < -0.4 is 10.1 Å². The van der Waals surface area contributed by atoms with E-state index in [1.165, 1.54) is 6.08 Å². The van der Waals surface area contributed by atoms with Gasteiger partial charge in [-0.1, -0.05) is 18.2 Å². The molecule has 1 heterocycles. The average Bonchev–Trinajstić information content (AvgIpc) is 3.00. The number of fused-ring (bicyclic) bond motifs is 1. The van der Waals surface area contributed by atoms with Crippen LogP contribution in [-0.4, -0.2) is 32.0 Å².